The van der Waals surface area contributed by atoms with Crippen molar-refractivity contribution in [1.29, 1.82) is 0 Å². The van der Waals surface area contributed by atoms with Crippen molar-refractivity contribution in [2.45, 2.75) is 13.0 Å². The van der Waals surface area contributed by atoms with Gasteiger partial charge in [0.1, 0.15) is 5.82 Å². The summed E-state index contributed by atoms with van der Waals surface area (Å²) in [6.45, 7) is 2.57. The van der Waals surface area contributed by atoms with Gasteiger partial charge in [0.2, 0.25) is 0 Å². The van der Waals surface area contributed by atoms with Crippen LogP contribution >= 0.6 is 15.9 Å². The molecule has 0 saturated heterocycles. The summed E-state index contributed by atoms with van der Waals surface area (Å²) in [4.78, 5) is 13.8. The molecule has 0 aliphatic carbocycles. The molecule has 94 valence electrons. The van der Waals surface area contributed by atoms with Crippen LogP contribution < -0.4 is 5.32 Å². The van der Waals surface area contributed by atoms with Gasteiger partial charge in [-0.15, -0.1) is 0 Å². The molecular formula is C12H16BrFN2O. The van der Waals surface area contributed by atoms with E-state index in [0.717, 1.165) is 0 Å². The Hall–Kier alpha value is -0.940. The maximum Gasteiger partial charge on any atom is 0.252 e. The Bertz CT molecular complexity index is 409. The molecule has 1 N–H and O–H groups in total. The Morgan fingerprint density at radius 2 is 2.18 bits per heavy atom. The van der Waals surface area contributed by atoms with Crippen molar-refractivity contribution < 1.29 is 9.18 Å². The van der Waals surface area contributed by atoms with E-state index in [-0.39, 0.29) is 17.8 Å². The fourth-order valence-electron chi connectivity index (χ4n) is 1.19. The van der Waals surface area contributed by atoms with Gasteiger partial charge in [-0.25, -0.2) is 4.39 Å². The molecule has 1 amide bonds. The normalized spacial score (nSPS) is 12.6. The number of likely N-dealkylation sites (N-methyl/N-ethyl adjacent to an activating group) is 1. The van der Waals surface area contributed by atoms with Crippen LogP contribution in [0.3, 0.4) is 0 Å². The summed E-state index contributed by atoms with van der Waals surface area (Å²) in [7, 11) is 3.90. The van der Waals surface area contributed by atoms with E-state index >= 15 is 0 Å². The first-order valence-corrected chi connectivity index (χ1v) is 6.10. The number of nitrogens with zero attached hydrogens (tertiary/aromatic N) is 1. The van der Waals surface area contributed by atoms with Crippen molar-refractivity contribution >= 4 is 21.8 Å². The molecule has 5 heteroatoms. The minimum Gasteiger partial charge on any atom is -0.350 e. The van der Waals surface area contributed by atoms with Gasteiger partial charge in [0, 0.05) is 17.1 Å². The summed E-state index contributed by atoms with van der Waals surface area (Å²) in [5.41, 5.74) is 0.442. The molecule has 0 spiro atoms. The smallest absolute Gasteiger partial charge is 0.252 e. The highest BCUT2D eigenvalue weighted by molar-refractivity contribution is 9.10. The first kappa shape index (κ1) is 14.1. The van der Waals surface area contributed by atoms with E-state index in [0.29, 0.717) is 16.6 Å². The number of nitrogens with one attached hydrogen (secondary N) is 1. The van der Waals surface area contributed by atoms with Crippen molar-refractivity contribution in [3.63, 3.8) is 0 Å². The van der Waals surface area contributed by atoms with Crippen LogP contribution in [0.2, 0.25) is 0 Å². The lowest BCUT2D eigenvalue weighted by Gasteiger charge is -2.20. The van der Waals surface area contributed by atoms with Gasteiger partial charge in [0.15, 0.2) is 0 Å². The standard InChI is InChI=1S/C12H16BrFN2O/c1-8(16(2)3)7-15-12(17)10-5-4-9(14)6-11(10)13/h4-6,8H,7H2,1-3H3,(H,15,17). The number of amides is 1. The predicted molar refractivity (Wildman–Crippen MR) is 69.6 cm³/mol. The average molecular weight is 303 g/mol. The lowest BCUT2D eigenvalue weighted by atomic mass is 10.2. The van der Waals surface area contributed by atoms with Crippen LogP contribution in [0, 0.1) is 5.82 Å². The summed E-state index contributed by atoms with van der Waals surface area (Å²) in [5.74, 6) is -0.569. The fourth-order valence-corrected chi connectivity index (χ4v) is 1.72. The van der Waals surface area contributed by atoms with Crippen molar-refractivity contribution in [2.75, 3.05) is 20.6 Å². The molecule has 1 atom stereocenters. The van der Waals surface area contributed by atoms with Crippen LogP contribution in [0.4, 0.5) is 4.39 Å². The molecule has 0 aliphatic heterocycles. The van der Waals surface area contributed by atoms with E-state index in [1.807, 2.05) is 25.9 Å². The van der Waals surface area contributed by atoms with Crippen molar-refractivity contribution in [3.05, 3.63) is 34.1 Å². The number of hydrogen-bond acceptors (Lipinski definition) is 2. The SMILES string of the molecule is CC(CNC(=O)c1ccc(F)cc1Br)N(C)C. The van der Waals surface area contributed by atoms with Gasteiger partial charge < -0.3 is 10.2 Å². The van der Waals surface area contributed by atoms with Crippen LogP contribution in [0.25, 0.3) is 0 Å². The van der Waals surface area contributed by atoms with Crippen LogP contribution in [0.5, 0.6) is 0 Å². The maximum absolute atomic E-state index is 12.9. The summed E-state index contributed by atoms with van der Waals surface area (Å²) >= 11 is 3.17. The number of hydrogen-bond donors (Lipinski definition) is 1. The van der Waals surface area contributed by atoms with E-state index in [9.17, 15) is 9.18 Å². The molecule has 0 heterocycles. The zero-order valence-corrected chi connectivity index (χ0v) is 11.7. The highest BCUT2D eigenvalue weighted by Gasteiger charge is 2.12. The van der Waals surface area contributed by atoms with Gasteiger partial charge >= 0.3 is 0 Å². The van der Waals surface area contributed by atoms with E-state index in [1.54, 1.807) is 0 Å². The highest BCUT2D eigenvalue weighted by atomic mass is 79.9. The molecule has 1 aromatic carbocycles. The molecule has 1 unspecified atom stereocenters. The molecule has 3 nitrogen and oxygen atoms in total. The van der Waals surface area contributed by atoms with Gasteiger partial charge in [-0.2, -0.15) is 0 Å². The van der Waals surface area contributed by atoms with Gasteiger partial charge in [0.25, 0.3) is 5.91 Å². The molecular weight excluding hydrogens is 287 g/mol. The highest BCUT2D eigenvalue weighted by Crippen LogP contribution is 2.17. The van der Waals surface area contributed by atoms with Crippen LogP contribution in [0.15, 0.2) is 22.7 Å². The van der Waals surface area contributed by atoms with Crippen molar-refractivity contribution in [1.82, 2.24) is 10.2 Å². The molecule has 0 aliphatic rings. The Labute approximate surface area is 109 Å². The number of carbonyl (C=O) groups excluding carboxylic acids is 1. The number of benzene rings is 1. The van der Waals surface area contributed by atoms with Crippen LogP contribution in [-0.4, -0.2) is 37.5 Å². The molecule has 1 aromatic rings. The van der Waals surface area contributed by atoms with E-state index in [4.69, 9.17) is 0 Å². The Balaban J connectivity index is 2.64. The summed E-state index contributed by atoms with van der Waals surface area (Å²) in [6.07, 6.45) is 0. The zero-order valence-electron chi connectivity index (χ0n) is 10.1. The number of halogens is 2. The van der Waals surface area contributed by atoms with Crippen LogP contribution in [0.1, 0.15) is 17.3 Å². The minimum absolute atomic E-state index is 0.203. The summed E-state index contributed by atoms with van der Waals surface area (Å²) in [6, 6.07) is 4.27. The average Bonchev–Trinajstić information content (AvgIpc) is 2.25. The molecule has 1 rings (SSSR count). The van der Waals surface area contributed by atoms with Crippen LogP contribution in [-0.2, 0) is 0 Å². The van der Waals surface area contributed by atoms with Gasteiger partial charge in [-0.3, -0.25) is 4.79 Å². The van der Waals surface area contributed by atoms with E-state index < -0.39 is 0 Å². The lowest BCUT2D eigenvalue weighted by Crippen LogP contribution is -2.38. The molecule has 0 bridgehead atoms. The zero-order chi connectivity index (χ0) is 13.0. The van der Waals surface area contributed by atoms with Gasteiger partial charge in [-0.1, -0.05) is 0 Å². The van der Waals surface area contributed by atoms with E-state index in [2.05, 4.69) is 21.2 Å². The molecule has 17 heavy (non-hydrogen) atoms. The fraction of sp³-hybridized carbons (Fsp3) is 0.417. The van der Waals surface area contributed by atoms with E-state index in [1.165, 1.54) is 18.2 Å². The second kappa shape index (κ2) is 6.12. The maximum atomic E-state index is 12.9. The largest absolute Gasteiger partial charge is 0.350 e. The number of carbonyl (C=O) groups is 1. The first-order valence-electron chi connectivity index (χ1n) is 5.31. The summed E-state index contributed by atoms with van der Waals surface area (Å²) < 4.78 is 13.3. The Morgan fingerprint density at radius 3 is 2.71 bits per heavy atom. The van der Waals surface area contributed by atoms with Crippen molar-refractivity contribution in [2.24, 2.45) is 0 Å². The molecule has 0 aromatic heterocycles. The predicted octanol–water partition coefficient (Wildman–Crippen LogP) is 2.27. The van der Waals surface area contributed by atoms with Gasteiger partial charge in [0.05, 0.1) is 5.56 Å². The summed E-state index contributed by atoms with van der Waals surface area (Å²) in [5, 5.41) is 2.81. The minimum atomic E-state index is -0.366. The lowest BCUT2D eigenvalue weighted by molar-refractivity contribution is 0.0943. The monoisotopic (exact) mass is 302 g/mol. The van der Waals surface area contributed by atoms with Gasteiger partial charge in [-0.05, 0) is 55.1 Å². The molecule has 0 radical (unpaired) electrons. The first-order chi connectivity index (χ1) is 7.91. The van der Waals surface area contributed by atoms with Crippen molar-refractivity contribution in [3.8, 4) is 0 Å². The number of rotatable bonds is 4. The Morgan fingerprint density at radius 1 is 1.53 bits per heavy atom. The third kappa shape index (κ3) is 4.09. The quantitative estimate of drug-likeness (QED) is 0.925. The third-order valence-electron chi connectivity index (χ3n) is 2.62. The molecule has 0 fully saturated rings. The molecule has 0 saturated carbocycles. The Kier molecular flexibility index (Phi) is 5.08. The second-order valence-corrected chi connectivity index (χ2v) is 5.00. The third-order valence-corrected chi connectivity index (χ3v) is 3.27. The second-order valence-electron chi connectivity index (χ2n) is 4.15. The topological polar surface area (TPSA) is 32.3 Å².